The van der Waals surface area contributed by atoms with Gasteiger partial charge in [0.05, 0.1) is 17.2 Å². The Hall–Kier alpha value is -4.63. The Morgan fingerprint density at radius 2 is 1.41 bits per heavy atom. The zero-order valence-electron chi connectivity index (χ0n) is 27.1. The average molecular weight is 642 g/mol. The van der Waals surface area contributed by atoms with Crippen LogP contribution in [0.5, 0.6) is 5.75 Å². The third kappa shape index (κ3) is 8.97. The molecule has 0 aliphatic heterocycles. The SMILES string of the molecule is CCOc1ccc(S(=O)(=O)N(CC(=O)N(Cc2ccccc2C)[C@@H](Cc2ccccc2)C(=O)NC(C)(C)C)c2ccccc2)cc1. The minimum atomic E-state index is -4.20. The molecule has 4 aromatic rings. The molecular weight excluding hydrogens is 598 g/mol. The van der Waals surface area contributed by atoms with Crippen molar-refractivity contribution in [1.82, 2.24) is 10.2 Å². The molecule has 0 unspecified atom stereocenters. The lowest BCUT2D eigenvalue weighted by molar-refractivity contribution is -0.140. The first-order valence-corrected chi connectivity index (χ1v) is 16.8. The predicted octanol–water partition coefficient (Wildman–Crippen LogP) is 6.14. The summed E-state index contributed by atoms with van der Waals surface area (Å²) < 4.78 is 35.0. The number of aryl methyl sites for hydroxylation is 1. The number of anilines is 1. The monoisotopic (exact) mass is 641 g/mol. The Labute approximate surface area is 273 Å². The Kier molecular flexibility index (Phi) is 11.2. The molecule has 0 saturated carbocycles. The Morgan fingerprint density at radius 3 is 2.00 bits per heavy atom. The maximum atomic E-state index is 14.6. The number of ether oxygens (including phenoxy) is 1. The van der Waals surface area contributed by atoms with Gasteiger partial charge in [0.1, 0.15) is 18.3 Å². The summed E-state index contributed by atoms with van der Waals surface area (Å²) in [6.07, 6.45) is 0.247. The van der Waals surface area contributed by atoms with Crippen LogP contribution in [-0.4, -0.2) is 49.9 Å². The molecule has 4 rings (SSSR count). The topological polar surface area (TPSA) is 96.0 Å². The minimum absolute atomic E-state index is 0.0179. The molecule has 0 bridgehead atoms. The maximum absolute atomic E-state index is 14.6. The fraction of sp³-hybridized carbons (Fsp3) is 0.297. The van der Waals surface area contributed by atoms with Gasteiger partial charge in [-0.15, -0.1) is 0 Å². The van der Waals surface area contributed by atoms with E-state index in [4.69, 9.17) is 4.74 Å². The number of nitrogens with zero attached hydrogens (tertiary/aromatic N) is 2. The highest BCUT2D eigenvalue weighted by molar-refractivity contribution is 7.92. The van der Waals surface area contributed by atoms with Gasteiger partial charge in [-0.3, -0.25) is 13.9 Å². The lowest BCUT2D eigenvalue weighted by Gasteiger charge is -2.35. The van der Waals surface area contributed by atoms with E-state index >= 15 is 0 Å². The van der Waals surface area contributed by atoms with E-state index in [0.29, 0.717) is 18.0 Å². The standard InChI is InChI=1S/C37H43N3O5S/c1-6-45-32-21-23-33(24-22-32)46(43,44)40(31-19-11-8-12-20-31)27-35(41)39(26-30-18-14-13-15-28(30)2)34(36(42)38-37(3,4)5)25-29-16-9-7-10-17-29/h7-24,34H,6,25-27H2,1-5H3,(H,38,42)/t34-/m0/s1. The van der Waals surface area contributed by atoms with Crippen LogP contribution in [0.25, 0.3) is 0 Å². The van der Waals surface area contributed by atoms with Crippen LogP contribution in [0.15, 0.2) is 114 Å². The van der Waals surface area contributed by atoms with Gasteiger partial charge in [0, 0.05) is 18.5 Å². The second-order valence-corrected chi connectivity index (χ2v) is 14.0. The van der Waals surface area contributed by atoms with E-state index in [-0.39, 0.29) is 23.8 Å². The number of amides is 2. The van der Waals surface area contributed by atoms with Crippen LogP contribution < -0.4 is 14.4 Å². The second kappa shape index (κ2) is 15.1. The number of benzene rings is 4. The number of rotatable bonds is 13. The van der Waals surface area contributed by atoms with Crippen LogP contribution in [-0.2, 0) is 32.6 Å². The van der Waals surface area contributed by atoms with Crippen molar-refractivity contribution >= 4 is 27.5 Å². The molecule has 0 saturated heterocycles. The van der Waals surface area contributed by atoms with E-state index < -0.39 is 34.1 Å². The molecule has 4 aromatic carbocycles. The molecule has 242 valence electrons. The first-order chi connectivity index (χ1) is 21.9. The molecule has 0 fully saturated rings. The van der Waals surface area contributed by atoms with Crippen LogP contribution in [0, 0.1) is 6.92 Å². The van der Waals surface area contributed by atoms with Gasteiger partial charge in [0.2, 0.25) is 11.8 Å². The summed E-state index contributed by atoms with van der Waals surface area (Å²) in [5.74, 6) is -0.285. The van der Waals surface area contributed by atoms with Crippen molar-refractivity contribution in [3.05, 3.63) is 126 Å². The van der Waals surface area contributed by atoms with Gasteiger partial charge < -0.3 is 15.0 Å². The van der Waals surface area contributed by atoms with Gasteiger partial charge >= 0.3 is 0 Å². The summed E-state index contributed by atoms with van der Waals surface area (Å²) in [4.78, 5) is 30.1. The van der Waals surface area contributed by atoms with Gasteiger partial charge in [0.25, 0.3) is 10.0 Å². The normalized spacial score (nSPS) is 12.2. The van der Waals surface area contributed by atoms with Crippen LogP contribution in [0.4, 0.5) is 5.69 Å². The molecule has 0 spiro atoms. The van der Waals surface area contributed by atoms with Gasteiger partial charge in [-0.1, -0.05) is 72.8 Å². The van der Waals surface area contributed by atoms with Crippen molar-refractivity contribution in [3.8, 4) is 5.75 Å². The highest BCUT2D eigenvalue weighted by Gasteiger charge is 2.35. The largest absolute Gasteiger partial charge is 0.494 e. The number of carbonyl (C=O) groups excluding carboxylic acids is 2. The number of hydrogen-bond acceptors (Lipinski definition) is 5. The molecule has 0 heterocycles. The summed E-state index contributed by atoms with van der Waals surface area (Å²) in [5.41, 5.74) is 2.46. The number of carbonyl (C=O) groups is 2. The zero-order valence-corrected chi connectivity index (χ0v) is 28.0. The zero-order chi connectivity index (χ0) is 33.3. The van der Waals surface area contributed by atoms with Gasteiger partial charge in [0.15, 0.2) is 0 Å². The highest BCUT2D eigenvalue weighted by Crippen LogP contribution is 2.26. The summed E-state index contributed by atoms with van der Waals surface area (Å²) in [6, 6.07) is 30.9. The van der Waals surface area contributed by atoms with Crippen molar-refractivity contribution in [2.75, 3.05) is 17.5 Å². The molecule has 0 radical (unpaired) electrons. The molecule has 0 aromatic heterocycles. The van der Waals surface area contributed by atoms with E-state index in [2.05, 4.69) is 5.32 Å². The van der Waals surface area contributed by atoms with E-state index in [9.17, 15) is 18.0 Å². The molecule has 9 heteroatoms. The molecule has 2 amide bonds. The van der Waals surface area contributed by atoms with Crippen molar-refractivity contribution in [2.45, 2.75) is 64.1 Å². The lowest BCUT2D eigenvalue weighted by Crippen LogP contribution is -2.56. The molecule has 0 aliphatic carbocycles. The third-order valence-corrected chi connectivity index (χ3v) is 9.21. The minimum Gasteiger partial charge on any atom is -0.494 e. The fourth-order valence-corrected chi connectivity index (χ4v) is 6.52. The van der Waals surface area contributed by atoms with Crippen LogP contribution in [0.2, 0.25) is 0 Å². The van der Waals surface area contributed by atoms with Crippen molar-refractivity contribution in [1.29, 1.82) is 0 Å². The van der Waals surface area contributed by atoms with Crippen LogP contribution in [0.3, 0.4) is 0 Å². The van der Waals surface area contributed by atoms with Crippen LogP contribution in [0.1, 0.15) is 44.4 Å². The van der Waals surface area contributed by atoms with Gasteiger partial charge in [-0.05, 0) is 87.7 Å². The fourth-order valence-electron chi connectivity index (χ4n) is 5.10. The van der Waals surface area contributed by atoms with Crippen molar-refractivity contribution in [3.63, 3.8) is 0 Å². The van der Waals surface area contributed by atoms with E-state index in [1.54, 1.807) is 42.5 Å². The Morgan fingerprint density at radius 1 is 0.826 bits per heavy atom. The second-order valence-electron chi connectivity index (χ2n) is 12.1. The number of para-hydroxylation sites is 1. The van der Waals surface area contributed by atoms with E-state index in [0.717, 1.165) is 21.0 Å². The molecular formula is C37H43N3O5S. The Bertz CT molecular complexity index is 1700. The summed E-state index contributed by atoms with van der Waals surface area (Å²) in [5, 5.41) is 3.06. The summed E-state index contributed by atoms with van der Waals surface area (Å²) >= 11 is 0. The third-order valence-electron chi connectivity index (χ3n) is 7.42. The Balaban J connectivity index is 1.80. The van der Waals surface area contributed by atoms with Gasteiger partial charge in [-0.2, -0.15) is 0 Å². The predicted molar refractivity (Wildman–Crippen MR) is 182 cm³/mol. The average Bonchev–Trinajstić information content (AvgIpc) is 3.02. The molecule has 1 atom stereocenters. The summed E-state index contributed by atoms with van der Waals surface area (Å²) in [6.45, 7) is 9.51. The number of nitrogens with one attached hydrogen (secondary N) is 1. The number of hydrogen-bond donors (Lipinski definition) is 1. The maximum Gasteiger partial charge on any atom is 0.264 e. The first-order valence-electron chi connectivity index (χ1n) is 15.4. The molecule has 1 N–H and O–H groups in total. The molecule has 0 aliphatic rings. The molecule has 46 heavy (non-hydrogen) atoms. The van der Waals surface area contributed by atoms with Crippen molar-refractivity contribution < 1.29 is 22.7 Å². The van der Waals surface area contributed by atoms with E-state index in [1.807, 2.05) is 89.2 Å². The van der Waals surface area contributed by atoms with Crippen molar-refractivity contribution in [2.24, 2.45) is 0 Å². The molecule has 8 nitrogen and oxygen atoms in total. The number of sulfonamides is 1. The smallest absolute Gasteiger partial charge is 0.264 e. The summed E-state index contributed by atoms with van der Waals surface area (Å²) in [7, 11) is -4.20. The highest BCUT2D eigenvalue weighted by atomic mass is 32.2. The first kappa shape index (κ1) is 34.2. The van der Waals surface area contributed by atoms with Gasteiger partial charge in [-0.25, -0.2) is 8.42 Å². The quantitative estimate of drug-likeness (QED) is 0.189. The van der Waals surface area contributed by atoms with Crippen LogP contribution >= 0.6 is 0 Å². The lowest BCUT2D eigenvalue weighted by atomic mass is 10.00. The van der Waals surface area contributed by atoms with E-state index in [1.165, 1.54) is 17.0 Å².